The fourth-order valence-electron chi connectivity index (χ4n) is 1.30. The fourth-order valence-corrected chi connectivity index (χ4v) is 1.50. The van der Waals surface area contributed by atoms with E-state index in [2.05, 4.69) is 22.6 Å². The Hall–Kier alpha value is 0.370. The summed E-state index contributed by atoms with van der Waals surface area (Å²) in [5.41, 5.74) is 0. The molecule has 0 amide bonds. The van der Waals surface area contributed by atoms with Crippen molar-refractivity contribution in [3.05, 3.63) is 0 Å². The van der Waals surface area contributed by atoms with Crippen molar-refractivity contribution in [3.8, 4) is 0 Å². The molecular formula is C9H15F6INOP. The summed E-state index contributed by atoms with van der Waals surface area (Å²) in [4.78, 5) is 12.9. The van der Waals surface area contributed by atoms with Gasteiger partial charge < -0.3 is 5.32 Å². The maximum atomic E-state index is 12.4. The Morgan fingerprint density at radius 1 is 1.11 bits per heavy atom. The second-order valence-corrected chi connectivity index (χ2v) is 4.60. The Labute approximate surface area is 123 Å². The van der Waals surface area contributed by atoms with Crippen molar-refractivity contribution >= 4 is 37.6 Å². The Morgan fingerprint density at radius 2 is 1.42 bits per heavy atom. The van der Waals surface area contributed by atoms with Crippen molar-refractivity contribution in [2.45, 2.75) is 38.0 Å². The normalized spacial score (nSPS) is 15.6. The van der Waals surface area contributed by atoms with Crippen LogP contribution in [0.15, 0.2) is 0 Å². The lowest BCUT2D eigenvalue weighted by Crippen LogP contribution is -2.55. The fraction of sp³-hybridized carbons (Fsp3) is 0.889. The van der Waals surface area contributed by atoms with Gasteiger partial charge in [0.25, 0.3) is 0 Å². The van der Waals surface area contributed by atoms with Crippen molar-refractivity contribution in [2.75, 3.05) is 4.93 Å². The van der Waals surface area contributed by atoms with Crippen LogP contribution in [0.3, 0.4) is 0 Å². The van der Waals surface area contributed by atoms with Crippen LogP contribution in [-0.2, 0) is 4.79 Å². The Kier molecular flexibility index (Phi) is 9.82. The molecule has 0 radical (unpaired) electrons. The van der Waals surface area contributed by atoms with Crippen LogP contribution in [0, 0.1) is 5.92 Å². The molecule has 10 heteroatoms. The largest absolute Gasteiger partial charge is 0.402 e. The number of nitrogens with one attached hydrogen (secondary N) is 1. The van der Waals surface area contributed by atoms with Gasteiger partial charge in [-0.05, 0) is 18.8 Å². The van der Waals surface area contributed by atoms with E-state index in [1.807, 2.05) is 19.5 Å². The van der Waals surface area contributed by atoms with Crippen LogP contribution in [0.1, 0.15) is 13.8 Å². The highest BCUT2D eigenvalue weighted by Gasteiger charge is 2.61. The minimum absolute atomic E-state index is 0.690. The summed E-state index contributed by atoms with van der Waals surface area (Å²) in [7, 11) is 1.98. The highest BCUT2D eigenvalue weighted by molar-refractivity contribution is 14.1. The first-order valence-electron chi connectivity index (χ1n) is 4.90. The third kappa shape index (κ3) is 8.29. The van der Waals surface area contributed by atoms with Crippen LogP contribution in [0.4, 0.5) is 26.3 Å². The molecule has 0 aliphatic carbocycles. The predicted octanol–water partition coefficient (Wildman–Crippen LogP) is 3.55. The van der Waals surface area contributed by atoms with Crippen molar-refractivity contribution in [2.24, 2.45) is 5.92 Å². The minimum Gasteiger partial charge on any atom is -0.301 e. The van der Waals surface area contributed by atoms with E-state index in [1.54, 1.807) is 0 Å². The summed E-state index contributed by atoms with van der Waals surface area (Å²) in [6, 6.07) is -2.33. The van der Waals surface area contributed by atoms with Crippen LogP contribution in [-0.4, -0.2) is 34.9 Å². The Bertz CT molecular complexity index is 267. The predicted molar refractivity (Wildman–Crippen MR) is 72.3 cm³/mol. The van der Waals surface area contributed by atoms with E-state index in [0.29, 0.717) is 6.92 Å². The molecule has 0 aliphatic heterocycles. The number of Topliss-reactive ketones (excluding diaryl/α,β-unsaturated/α-hetero) is 1. The summed E-state index contributed by atoms with van der Waals surface area (Å²) >= 11 is 2.15. The topological polar surface area (TPSA) is 29.1 Å². The third-order valence-electron chi connectivity index (χ3n) is 1.92. The molecule has 2 nitrogen and oxygen atoms in total. The summed E-state index contributed by atoms with van der Waals surface area (Å²) < 4.78 is 74.1. The van der Waals surface area contributed by atoms with Gasteiger partial charge in [-0.2, -0.15) is 26.3 Å². The summed E-state index contributed by atoms with van der Waals surface area (Å²) in [6.45, 7) is 2.01. The van der Waals surface area contributed by atoms with E-state index in [1.165, 1.54) is 6.92 Å². The number of alkyl halides is 7. The molecule has 0 fully saturated rings. The minimum atomic E-state index is -5.53. The number of carbonyl (C=O) groups excluding carboxylic acids is 1. The molecule has 0 aromatic rings. The molecule has 0 saturated heterocycles. The summed E-state index contributed by atoms with van der Waals surface area (Å²) in [5, 5.41) is 1.97. The summed E-state index contributed by atoms with van der Waals surface area (Å²) in [5.74, 6) is -5.66. The molecule has 0 aromatic heterocycles. The quantitative estimate of drug-likeness (QED) is 0.323. The lowest BCUT2D eigenvalue weighted by Gasteiger charge is -2.30. The smallest absolute Gasteiger partial charge is 0.301 e. The van der Waals surface area contributed by atoms with E-state index in [0.717, 1.165) is 0 Å². The zero-order valence-corrected chi connectivity index (χ0v) is 13.7. The van der Waals surface area contributed by atoms with Gasteiger partial charge in [0, 0.05) is 5.78 Å². The first-order valence-corrected chi connectivity index (χ1v) is 7.73. The second kappa shape index (κ2) is 8.61. The standard InChI is InChI=1S/C8H12F6NOP.CH3I/c1-3(16)5(15-4(2)17)6(7(9,10)11)8(12,13)14;1-2/h4-6,15H,17H2,1-2H3;1H3/t4-,5+;/m0./s1. The van der Waals surface area contributed by atoms with Gasteiger partial charge >= 0.3 is 12.4 Å². The molecule has 0 heterocycles. The van der Waals surface area contributed by atoms with Crippen molar-refractivity contribution in [3.63, 3.8) is 0 Å². The van der Waals surface area contributed by atoms with Gasteiger partial charge in [-0.1, -0.05) is 22.6 Å². The van der Waals surface area contributed by atoms with Crippen LogP contribution < -0.4 is 5.32 Å². The van der Waals surface area contributed by atoms with Crippen LogP contribution in [0.2, 0.25) is 0 Å². The van der Waals surface area contributed by atoms with Crippen LogP contribution in [0.5, 0.6) is 0 Å². The molecule has 1 unspecified atom stereocenters. The number of halogens is 7. The van der Waals surface area contributed by atoms with Crippen LogP contribution in [0.25, 0.3) is 0 Å². The molecule has 0 saturated carbocycles. The molecule has 19 heavy (non-hydrogen) atoms. The Morgan fingerprint density at radius 3 is 1.58 bits per heavy atom. The number of hydrogen-bond acceptors (Lipinski definition) is 2. The zero-order valence-electron chi connectivity index (χ0n) is 10.4. The molecule has 3 atom stereocenters. The maximum absolute atomic E-state index is 12.4. The van der Waals surface area contributed by atoms with Gasteiger partial charge in [0.05, 0.1) is 6.04 Å². The average Bonchev–Trinajstić information content (AvgIpc) is 2.14. The van der Waals surface area contributed by atoms with E-state index in [-0.39, 0.29) is 0 Å². The van der Waals surface area contributed by atoms with Crippen molar-refractivity contribution < 1.29 is 31.1 Å². The van der Waals surface area contributed by atoms with Crippen molar-refractivity contribution in [1.82, 2.24) is 5.32 Å². The Balaban J connectivity index is 0. The average molecular weight is 425 g/mol. The second-order valence-electron chi connectivity index (χ2n) is 3.60. The molecule has 0 aliphatic rings. The van der Waals surface area contributed by atoms with Gasteiger partial charge in [-0.25, -0.2) is 0 Å². The molecule has 1 N–H and O–H groups in total. The molecule has 0 aromatic carbocycles. The molecule has 0 bridgehead atoms. The zero-order chi connectivity index (χ0) is 16.0. The van der Waals surface area contributed by atoms with Crippen LogP contribution >= 0.6 is 31.8 Å². The van der Waals surface area contributed by atoms with Gasteiger partial charge in [-0.3, -0.25) is 4.79 Å². The molecule has 116 valence electrons. The highest BCUT2D eigenvalue weighted by Crippen LogP contribution is 2.41. The number of ketones is 1. The van der Waals surface area contributed by atoms with E-state index >= 15 is 0 Å². The monoisotopic (exact) mass is 425 g/mol. The van der Waals surface area contributed by atoms with Gasteiger partial charge in [0.1, 0.15) is 5.78 Å². The highest BCUT2D eigenvalue weighted by atomic mass is 127. The number of rotatable bonds is 4. The number of hydrogen-bond donors (Lipinski definition) is 1. The van der Waals surface area contributed by atoms with E-state index in [4.69, 9.17) is 0 Å². The lowest BCUT2D eigenvalue weighted by molar-refractivity contribution is -0.289. The molecule has 0 spiro atoms. The summed E-state index contributed by atoms with van der Waals surface area (Å²) in [6.07, 6.45) is -11.1. The SMILES string of the molecule is CC(=O)[C@@H](N[C@H](C)P)C(C(F)(F)F)C(F)(F)F.CI. The van der Waals surface area contributed by atoms with Gasteiger partial charge in [0.2, 0.25) is 0 Å². The first-order chi connectivity index (χ1) is 8.37. The van der Waals surface area contributed by atoms with E-state index in [9.17, 15) is 31.1 Å². The van der Waals surface area contributed by atoms with Gasteiger partial charge in [0.15, 0.2) is 5.92 Å². The van der Waals surface area contributed by atoms with Gasteiger partial charge in [-0.15, -0.1) is 9.24 Å². The first kappa shape index (κ1) is 21.7. The molecular weight excluding hydrogens is 410 g/mol. The molecule has 0 rings (SSSR count). The van der Waals surface area contributed by atoms with Crippen molar-refractivity contribution in [1.29, 1.82) is 0 Å². The van der Waals surface area contributed by atoms with E-state index < -0.39 is 35.9 Å². The maximum Gasteiger partial charge on any atom is 0.402 e. The third-order valence-corrected chi connectivity index (χ3v) is 2.11. The number of carbonyl (C=O) groups is 1. The lowest BCUT2D eigenvalue weighted by atomic mass is 9.95.